The van der Waals surface area contributed by atoms with Crippen molar-refractivity contribution in [1.29, 1.82) is 0 Å². The number of carbonyl (C=O) groups is 3. The zero-order chi connectivity index (χ0) is 19.4. The first-order valence-electron chi connectivity index (χ1n) is 9.18. The highest BCUT2D eigenvalue weighted by Gasteiger charge is 2.58. The second-order valence-electron chi connectivity index (χ2n) is 6.74. The zero-order valence-electron chi connectivity index (χ0n) is 15.6. The van der Waals surface area contributed by atoms with Crippen LogP contribution in [0, 0.1) is 5.41 Å². The predicted octanol–water partition coefficient (Wildman–Crippen LogP) is 3.72. The van der Waals surface area contributed by atoms with Gasteiger partial charge in [0.1, 0.15) is 12.0 Å². The summed E-state index contributed by atoms with van der Waals surface area (Å²) in [6.45, 7) is 4.19. The largest absolute Gasteiger partial charge is 0.457 e. The van der Waals surface area contributed by atoms with Gasteiger partial charge in [-0.05, 0) is 36.1 Å². The molecule has 0 unspecified atom stereocenters. The Balaban J connectivity index is 1.58. The van der Waals surface area contributed by atoms with Crippen LogP contribution in [-0.4, -0.2) is 22.7 Å². The standard InChI is InChI=1S/C22H23NO4/c1-3-22(4-2)20(25)23(21(22)26)14-16-10-12-18(13-11-16)19(24)27-15-17-8-6-5-7-9-17/h5-13H,3-4,14-15H2,1-2H3. The summed E-state index contributed by atoms with van der Waals surface area (Å²) in [6, 6.07) is 16.3. The molecule has 1 aliphatic rings. The number of likely N-dealkylation sites (tertiary alicyclic amines) is 1. The SMILES string of the molecule is CCC1(CC)C(=O)N(Cc2ccc(C(=O)OCc3ccccc3)cc2)C1=O. The Bertz CT molecular complexity index is 820. The smallest absolute Gasteiger partial charge is 0.338 e. The van der Waals surface area contributed by atoms with Crippen molar-refractivity contribution >= 4 is 17.8 Å². The number of amides is 2. The molecule has 0 aliphatic carbocycles. The Labute approximate surface area is 158 Å². The van der Waals surface area contributed by atoms with Crippen LogP contribution in [0.3, 0.4) is 0 Å². The molecule has 0 N–H and O–H groups in total. The van der Waals surface area contributed by atoms with E-state index >= 15 is 0 Å². The third kappa shape index (κ3) is 3.50. The monoisotopic (exact) mass is 365 g/mol. The van der Waals surface area contributed by atoms with Gasteiger partial charge in [-0.25, -0.2) is 4.79 Å². The van der Waals surface area contributed by atoms with Crippen LogP contribution in [0.4, 0.5) is 0 Å². The van der Waals surface area contributed by atoms with E-state index in [1.807, 2.05) is 44.2 Å². The lowest BCUT2D eigenvalue weighted by Gasteiger charge is -2.45. The molecule has 0 bridgehead atoms. The fourth-order valence-electron chi connectivity index (χ4n) is 3.38. The molecule has 2 aromatic rings. The molecule has 1 aliphatic heterocycles. The molecule has 0 aromatic heterocycles. The van der Waals surface area contributed by atoms with Gasteiger partial charge >= 0.3 is 5.97 Å². The van der Waals surface area contributed by atoms with Crippen molar-refractivity contribution in [2.45, 2.75) is 39.8 Å². The third-order valence-corrected chi connectivity index (χ3v) is 5.26. The van der Waals surface area contributed by atoms with Crippen LogP contribution in [-0.2, 0) is 27.5 Å². The van der Waals surface area contributed by atoms with Gasteiger partial charge in [0.25, 0.3) is 0 Å². The summed E-state index contributed by atoms with van der Waals surface area (Å²) in [5, 5.41) is 0. The molecular weight excluding hydrogens is 342 g/mol. The van der Waals surface area contributed by atoms with Crippen molar-refractivity contribution < 1.29 is 19.1 Å². The van der Waals surface area contributed by atoms with Gasteiger partial charge in [-0.2, -0.15) is 0 Å². The lowest BCUT2D eigenvalue weighted by atomic mass is 9.73. The number of hydrogen-bond donors (Lipinski definition) is 0. The van der Waals surface area contributed by atoms with Crippen molar-refractivity contribution in [3.63, 3.8) is 0 Å². The number of imide groups is 1. The number of esters is 1. The van der Waals surface area contributed by atoms with Crippen LogP contribution in [0.2, 0.25) is 0 Å². The van der Waals surface area contributed by atoms with Crippen LogP contribution >= 0.6 is 0 Å². The van der Waals surface area contributed by atoms with Crippen molar-refractivity contribution in [3.05, 3.63) is 71.3 Å². The minimum Gasteiger partial charge on any atom is -0.457 e. The maximum Gasteiger partial charge on any atom is 0.338 e. The van der Waals surface area contributed by atoms with Crippen LogP contribution in [0.1, 0.15) is 48.2 Å². The van der Waals surface area contributed by atoms with E-state index in [-0.39, 0.29) is 25.0 Å². The lowest BCUT2D eigenvalue weighted by molar-refractivity contribution is -0.178. The van der Waals surface area contributed by atoms with Crippen LogP contribution in [0.15, 0.2) is 54.6 Å². The number of ether oxygens (including phenoxy) is 1. The quantitative estimate of drug-likeness (QED) is 0.426. The van der Waals surface area contributed by atoms with Crippen LogP contribution < -0.4 is 0 Å². The average molecular weight is 365 g/mol. The normalized spacial score (nSPS) is 15.4. The molecule has 0 atom stereocenters. The van der Waals surface area contributed by atoms with Crippen molar-refractivity contribution in [2.75, 3.05) is 0 Å². The molecular formula is C22H23NO4. The second kappa shape index (κ2) is 7.74. The van der Waals surface area contributed by atoms with E-state index in [0.29, 0.717) is 18.4 Å². The highest BCUT2D eigenvalue weighted by molar-refractivity contribution is 6.21. The second-order valence-corrected chi connectivity index (χ2v) is 6.74. The number of β-lactam (4-membered cyclic amide) rings is 2. The van der Waals surface area contributed by atoms with Crippen molar-refractivity contribution in [2.24, 2.45) is 5.41 Å². The summed E-state index contributed by atoms with van der Waals surface area (Å²) >= 11 is 0. The Morgan fingerprint density at radius 1 is 0.889 bits per heavy atom. The molecule has 1 saturated heterocycles. The molecule has 5 heteroatoms. The van der Waals surface area contributed by atoms with E-state index in [0.717, 1.165) is 11.1 Å². The van der Waals surface area contributed by atoms with Gasteiger partial charge < -0.3 is 4.74 Å². The number of carbonyl (C=O) groups excluding carboxylic acids is 3. The third-order valence-electron chi connectivity index (χ3n) is 5.26. The first kappa shape index (κ1) is 18.8. The Morgan fingerprint density at radius 3 is 2.04 bits per heavy atom. The summed E-state index contributed by atoms with van der Waals surface area (Å²) in [5.74, 6) is -0.620. The summed E-state index contributed by atoms with van der Waals surface area (Å²) < 4.78 is 5.30. The molecule has 0 saturated carbocycles. The average Bonchev–Trinajstić information content (AvgIpc) is 2.72. The first-order chi connectivity index (χ1) is 13.0. The molecule has 1 heterocycles. The van der Waals surface area contributed by atoms with Gasteiger partial charge in [-0.3, -0.25) is 14.5 Å². The first-order valence-corrected chi connectivity index (χ1v) is 9.18. The highest BCUT2D eigenvalue weighted by Crippen LogP contribution is 2.40. The van der Waals surface area contributed by atoms with Crippen LogP contribution in [0.5, 0.6) is 0 Å². The van der Waals surface area contributed by atoms with E-state index in [1.165, 1.54) is 4.90 Å². The lowest BCUT2D eigenvalue weighted by Crippen LogP contribution is -2.65. The number of hydrogen-bond acceptors (Lipinski definition) is 4. The summed E-state index contributed by atoms with van der Waals surface area (Å²) in [6.07, 6.45) is 1.06. The van der Waals surface area contributed by atoms with Gasteiger partial charge in [0.15, 0.2) is 0 Å². The highest BCUT2D eigenvalue weighted by atomic mass is 16.5. The van der Waals surface area contributed by atoms with Crippen molar-refractivity contribution in [1.82, 2.24) is 4.90 Å². The maximum atomic E-state index is 12.4. The number of nitrogens with zero attached hydrogens (tertiary/aromatic N) is 1. The van der Waals surface area contributed by atoms with E-state index in [9.17, 15) is 14.4 Å². The molecule has 1 fully saturated rings. The molecule has 2 aromatic carbocycles. The van der Waals surface area contributed by atoms with E-state index in [2.05, 4.69) is 0 Å². The molecule has 2 amide bonds. The molecule has 27 heavy (non-hydrogen) atoms. The molecule has 0 spiro atoms. The summed E-state index contributed by atoms with van der Waals surface area (Å²) in [4.78, 5) is 38.2. The predicted molar refractivity (Wildman–Crippen MR) is 101 cm³/mol. The maximum absolute atomic E-state index is 12.4. The zero-order valence-corrected chi connectivity index (χ0v) is 15.6. The van der Waals surface area contributed by atoms with Gasteiger partial charge in [-0.1, -0.05) is 56.3 Å². The van der Waals surface area contributed by atoms with Gasteiger partial charge in [0.2, 0.25) is 11.8 Å². The minimum atomic E-state index is -0.832. The minimum absolute atomic E-state index is 0.108. The van der Waals surface area contributed by atoms with E-state index in [4.69, 9.17) is 4.74 Å². The van der Waals surface area contributed by atoms with E-state index in [1.54, 1.807) is 24.3 Å². The molecule has 0 radical (unpaired) electrons. The number of benzene rings is 2. The van der Waals surface area contributed by atoms with Gasteiger partial charge in [0, 0.05) is 0 Å². The van der Waals surface area contributed by atoms with Gasteiger partial charge in [-0.15, -0.1) is 0 Å². The molecule has 140 valence electrons. The Hall–Kier alpha value is -2.95. The van der Waals surface area contributed by atoms with E-state index < -0.39 is 11.4 Å². The Morgan fingerprint density at radius 2 is 1.48 bits per heavy atom. The topological polar surface area (TPSA) is 63.7 Å². The summed E-state index contributed by atoms with van der Waals surface area (Å²) in [5.41, 5.74) is 1.33. The fraction of sp³-hybridized carbons (Fsp3) is 0.318. The summed E-state index contributed by atoms with van der Waals surface area (Å²) in [7, 11) is 0. The fourth-order valence-corrected chi connectivity index (χ4v) is 3.38. The molecule has 5 nitrogen and oxygen atoms in total. The van der Waals surface area contributed by atoms with Gasteiger partial charge in [0.05, 0.1) is 12.1 Å². The van der Waals surface area contributed by atoms with Crippen LogP contribution in [0.25, 0.3) is 0 Å². The van der Waals surface area contributed by atoms with Crippen molar-refractivity contribution in [3.8, 4) is 0 Å². The Kier molecular flexibility index (Phi) is 5.40. The number of rotatable bonds is 7. The molecule has 3 rings (SSSR count).